The molecule has 17 heavy (non-hydrogen) atoms. The Kier molecular flexibility index (Phi) is 5.95. The van der Waals surface area contributed by atoms with Crippen molar-refractivity contribution in [3.8, 4) is 5.75 Å². The van der Waals surface area contributed by atoms with Gasteiger partial charge in [-0.15, -0.1) is 0 Å². The summed E-state index contributed by atoms with van der Waals surface area (Å²) in [7, 11) is 3.38. The van der Waals surface area contributed by atoms with Crippen LogP contribution in [0, 0.1) is 0 Å². The Bertz CT molecular complexity index is 357. The lowest BCUT2D eigenvalue weighted by Crippen LogP contribution is -2.28. The molecule has 0 radical (unpaired) electrons. The standard InChI is InChI=1S/C13H20BrNO2/c1-9(16-2)6-12(15)8-10-7-11(14)4-5-13(10)17-3/h4-5,7,9,12H,6,8,15H2,1-3H3. The van der Waals surface area contributed by atoms with E-state index in [1.165, 1.54) is 0 Å². The van der Waals surface area contributed by atoms with Gasteiger partial charge < -0.3 is 15.2 Å². The molecule has 0 saturated heterocycles. The summed E-state index contributed by atoms with van der Waals surface area (Å²) in [6.45, 7) is 2.03. The highest BCUT2D eigenvalue weighted by Crippen LogP contribution is 2.24. The highest BCUT2D eigenvalue weighted by atomic mass is 79.9. The van der Waals surface area contributed by atoms with Gasteiger partial charge in [0.15, 0.2) is 0 Å². The summed E-state index contributed by atoms with van der Waals surface area (Å²) >= 11 is 3.46. The van der Waals surface area contributed by atoms with Crippen molar-refractivity contribution in [1.82, 2.24) is 0 Å². The van der Waals surface area contributed by atoms with Crippen molar-refractivity contribution < 1.29 is 9.47 Å². The number of methoxy groups -OCH3 is 2. The maximum Gasteiger partial charge on any atom is 0.122 e. The highest BCUT2D eigenvalue weighted by molar-refractivity contribution is 9.10. The second-order valence-corrected chi connectivity index (χ2v) is 5.12. The minimum atomic E-state index is 0.0770. The summed E-state index contributed by atoms with van der Waals surface area (Å²) in [5.41, 5.74) is 7.23. The van der Waals surface area contributed by atoms with Gasteiger partial charge in [-0.3, -0.25) is 0 Å². The monoisotopic (exact) mass is 301 g/mol. The molecule has 0 amide bonds. The minimum Gasteiger partial charge on any atom is -0.496 e. The number of hydrogen-bond acceptors (Lipinski definition) is 3. The average molecular weight is 302 g/mol. The third-order valence-electron chi connectivity index (χ3n) is 2.76. The van der Waals surface area contributed by atoms with Crippen LogP contribution in [0.2, 0.25) is 0 Å². The Labute approximate surface area is 111 Å². The zero-order valence-corrected chi connectivity index (χ0v) is 12.2. The van der Waals surface area contributed by atoms with Crippen molar-refractivity contribution in [1.29, 1.82) is 0 Å². The molecular formula is C13H20BrNO2. The van der Waals surface area contributed by atoms with Gasteiger partial charge >= 0.3 is 0 Å². The van der Waals surface area contributed by atoms with Crippen LogP contribution in [0.3, 0.4) is 0 Å². The first-order valence-corrected chi connectivity index (χ1v) is 6.47. The molecule has 0 aliphatic rings. The fourth-order valence-corrected chi connectivity index (χ4v) is 2.20. The van der Waals surface area contributed by atoms with Gasteiger partial charge in [0.25, 0.3) is 0 Å². The van der Waals surface area contributed by atoms with Gasteiger partial charge in [-0.25, -0.2) is 0 Å². The normalized spacial score (nSPS) is 14.4. The van der Waals surface area contributed by atoms with Crippen LogP contribution in [0.25, 0.3) is 0 Å². The molecule has 1 aromatic rings. The van der Waals surface area contributed by atoms with Crippen LogP contribution in [-0.2, 0) is 11.2 Å². The Morgan fingerprint density at radius 3 is 2.65 bits per heavy atom. The Morgan fingerprint density at radius 2 is 2.06 bits per heavy atom. The largest absolute Gasteiger partial charge is 0.496 e. The van der Waals surface area contributed by atoms with E-state index in [4.69, 9.17) is 15.2 Å². The average Bonchev–Trinajstić information content (AvgIpc) is 2.29. The zero-order valence-electron chi connectivity index (χ0n) is 10.6. The van der Waals surface area contributed by atoms with Gasteiger partial charge in [0.1, 0.15) is 5.75 Å². The molecule has 1 rings (SSSR count). The van der Waals surface area contributed by atoms with Crippen LogP contribution in [0.4, 0.5) is 0 Å². The van der Waals surface area contributed by atoms with E-state index in [2.05, 4.69) is 22.0 Å². The summed E-state index contributed by atoms with van der Waals surface area (Å²) in [6.07, 6.45) is 1.81. The lowest BCUT2D eigenvalue weighted by molar-refractivity contribution is 0.104. The van der Waals surface area contributed by atoms with Gasteiger partial charge in [0.05, 0.1) is 13.2 Å². The Balaban J connectivity index is 2.69. The van der Waals surface area contributed by atoms with Gasteiger partial charge in [0, 0.05) is 17.6 Å². The number of nitrogens with two attached hydrogens (primary N) is 1. The SMILES string of the molecule is COc1ccc(Br)cc1CC(N)CC(C)OC. The van der Waals surface area contributed by atoms with Crippen LogP contribution in [0.1, 0.15) is 18.9 Å². The molecule has 0 aliphatic carbocycles. The number of hydrogen-bond donors (Lipinski definition) is 1. The van der Waals surface area contributed by atoms with Gasteiger partial charge in [0.2, 0.25) is 0 Å². The zero-order chi connectivity index (χ0) is 12.8. The van der Waals surface area contributed by atoms with Gasteiger partial charge in [-0.2, -0.15) is 0 Å². The molecule has 96 valence electrons. The summed E-state index contributed by atoms with van der Waals surface area (Å²) in [4.78, 5) is 0. The van der Waals surface area contributed by atoms with Crippen LogP contribution >= 0.6 is 15.9 Å². The molecule has 2 unspecified atom stereocenters. The van der Waals surface area contributed by atoms with E-state index in [9.17, 15) is 0 Å². The van der Waals surface area contributed by atoms with Crippen molar-refractivity contribution in [2.24, 2.45) is 5.73 Å². The van der Waals surface area contributed by atoms with E-state index in [1.807, 2.05) is 19.1 Å². The quantitative estimate of drug-likeness (QED) is 0.879. The third kappa shape index (κ3) is 4.66. The maximum atomic E-state index is 6.11. The highest BCUT2D eigenvalue weighted by Gasteiger charge is 2.12. The van der Waals surface area contributed by atoms with Crippen LogP contribution in [-0.4, -0.2) is 26.4 Å². The van der Waals surface area contributed by atoms with E-state index in [0.29, 0.717) is 0 Å². The first kappa shape index (κ1) is 14.5. The topological polar surface area (TPSA) is 44.5 Å². The lowest BCUT2D eigenvalue weighted by Gasteiger charge is -2.17. The second-order valence-electron chi connectivity index (χ2n) is 4.20. The molecule has 0 bridgehead atoms. The van der Waals surface area contributed by atoms with E-state index in [0.717, 1.165) is 28.6 Å². The Hall–Kier alpha value is -0.580. The van der Waals surface area contributed by atoms with Crippen LogP contribution in [0.5, 0.6) is 5.75 Å². The van der Waals surface area contributed by atoms with Crippen molar-refractivity contribution in [2.45, 2.75) is 31.9 Å². The van der Waals surface area contributed by atoms with Gasteiger partial charge in [-0.05, 0) is 43.5 Å². The fraction of sp³-hybridized carbons (Fsp3) is 0.538. The summed E-state index contributed by atoms with van der Waals surface area (Å²) < 4.78 is 11.6. The van der Waals surface area contributed by atoms with Crippen molar-refractivity contribution in [2.75, 3.05) is 14.2 Å². The fourth-order valence-electron chi connectivity index (χ4n) is 1.80. The van der Waals surface area contributed by atoms with Crippen LogP contribution < -0.4 is 10.5 Å². The molecule has 0 fully saturated rings. The van der Waals surface area contributed by atoms with E-state index >= 15 is 0 Å². The second kappa shape index (κ2) is 6.99. The summed E-state index contributed by atoms with van der Waals surface area (Å²) in [5.74, 6) is 0.883. The predicted molar refractivity (Wildman–Crippen MR) is 73.5 cm³/mol. The molecule has 2 atom stereocenters. The maximum absolute atomic E-state index is 6.11. The molecule has 0 aliphatic heterocycles. The molecule has 2 N–H and O–H groups in total. The molecule has 4 heteroatoms. The molecule has 1 aromatic carbocycles. The Morgan fingerprint density at radius 1 is 1.35 bits per heavy atom. The number of benzene rings is 1. The molecule has 0 saturated carbocycles. The molecular weight excluding hydrogens is 282 g/mol. The van der Waals surface area contributed by atoms with E-state index in [1.54, 1.807) is 14.2 Å². The predicted octanol–water partition coefficient (Wildman–Crippen LogP) is 2.75. The first-order chi connectivity index (χ1) is 8.06. The van der Waals surface area contributed by atoms with Crippen LogP contribution in [0.15, 0.2) is 22.7 Å². The van der Waals surface area contributed by atoms with E-state index in [-0.39, 0.29) is 12.1 Å². The summed E-state index contributed by atoms with van der Waals surface area (Å²) in [6, 6.07) is 6.04. The lowest BCUT2D eigenvalue weighted by atomic mass is 10.0. The number of halogens is 1. The third-order valence-corrected chi connectivity index (χ3v) is 3.25. The van der Waals surface area contributed by atoms with Crippen molar-refractivity contribution >= 4 is 15.9 Å². The molecule has 0 spiro atoms. The van der Waals surface area contributed by atoms with E-state index < -0.39 is 0 Å². The number of ether oxygens (including phenoxy) is 2. The molecule has 3 nitrogen and oxygen atoms in total. The smallest absolute Gasteiger partial charge is 0.122 e. The molecule has 0 heterocycles. The number of rotatable bonds is 6. The first-order valence-electron chi connectivity index (χ1n) is 5.67. The van der Waals surface area contributed by atoms with Crippen molar-refractivity contribution in [3.63, 3.8) is 0 Å². The minimum absolute atomic E-state index is 0.0770. The van der Waals surface area contributed by atoms with Crippen molar-refractivity contribution in [3.05, 3.63) is 28.2 Å². The summed E-state index contributed by atoms with van der Waals surface area (Å²) in [5, 5.41) is 0. The van der Waals surface area contributed by atoms with Gasteiger partial charge in [-0.1, -0.05) is 15.9 Å². The molecule has 0 aromatic heterocycles.